The Morgan fingerprint density at radius 3 is 2.29 bits per heavy atom. The van der Waals surface area contributed by atoms with E-state index in [1.54, 1.807) is 0 Å². The summed E-state index contributed by atoms with van der Waals surface area (Å²) in [6.07, 6.45) is 7.24. The van der Waals surface area contributed by atoms with Gasteiger partial charge in [0.1, 0.15) is 0 Å². The molecule has 0 fully saturated rings. The van der Waals surface area contributed by atoms with Gasteiger partial charge in [-0.1, -0.05) is 39.5 Å². The van der Waals surface area contributed by atoms with Crippen molar-refractivity contribution in [1.29, 1.82) is 0 Å². The molecule has 0 aromatic rings. The fourth-order valence-electron chi connectivity index (χ4n) is 2.00. The summed E-state index contributed by atoms with van der Waals surface area (Å²) >= 11 is 0. The van der Waals surface area contributed by atoms with Crippen LogP contribution in [0.15, 0.2) is 0 Å². The first-order valence-electron chi connectivity index (χ1n) is 7.12. The number of aliphatic hydroxyl groups is 2. The van der Waals surface area contributed by atoms with Crippen molar-refractivity contribution in [3.8, 4) is 0 Å². The standard InChI is InChI=1S/C14H30O3/c1-3-5-6-7-10-17-11-8-9-13(4-2)14(16)12-15/h13-16H,3-12H2,1-2H3. The lowest BCUT2D eigenvalue weighted by Crippen LogP contribution is -2.24. The lowest BCUT2D eigenvalue weighted by molar-refractivity contribution is 0.0363. The van der Waals surface area contributed by atoms with E-state index in [1.807, 2.05) is 0 Å². The number of rotatable bonds is 12. The number of hydrogen-bond donors (Lipinski definition) is 2. The highest BCUT2D eigenvalue weighted by Gasteiger charge is 2.15. The molecule has 3 nitrogen and oxygen atoms in total. The highest BCUT2D eigenvalue weighted by atomic mass is 16.5. The molecule has 0 rings (SSSR count). The van der Waals surface area contributed by atoms with Gasteiger partial charge in [-0.05, 0) is 25.2 Å². The average molecular weight is 246 g/mol. The van der Waals surface area contributed by atoms with Gasteiger partial charge in [-0.15, -0.1) is 0 Å². The van der Waals surface area contributed by atoms with Crippen molar-refractivity contribution in [3.63, 3.8) is 0 Å². The first-order valence-corrected chi connectivity index (χ1v) is 7.12. The predicted molar refractivity (Wildman–Crippen MR) is 71.1 cm³/mol. The number of aliphatic hydroxyl groups excluding tert-OH is 2. The molecule has 0 spiro atoms. The molecular weight excluding hydrogens is 216 g/mol. The zero-order chi connectivity index (χ0) is 12.9. The molecule has 0 bridgehead atoms. The third-order valence-electron chi connectivity index (χ3n) is 3.26. The second-order valence-electron chi connectivity index (χ2n) is 4.73. The Kier molecular flexibility index (Phi) is 12.3. The molecule has 0 heterocycles. The van der Waals surface area contributed by atoms with Crippen LogP contribution in [0.25, 0.3) is 0 Å². The lowest BCUT2D eigenvalue weighted by atomic mass is 9.95. The summed E-state index contributed by atoms with van der Waals surface area (Å²) in [7, 11) is 0. The molecule has 17 heavy (non-hydrogen) atoms. The van der Waals surface area contributed by atoms with E-state index in [-0.39, 0.29) is 12.5 Å². The molecule has 0 aromatic heterocycles. The van der Waals surface area contributed by atoms with E-state index in [4.69, 9.17) is 9.84 Å². The van der Waals surface area contributed by atoms with Crippen molar-refractivity contribution >= 4 is 0 Å². The number of ether oxygens (including phenoxy) is 1. The Labute approximate surface area is 106 Å². The topological polar surface area (TPSA) is 49.7 Å². The van der Waals surface area contributed by atoms with Crippen LogP contribution in [0.5, 0.6) is 0 Å². The molecule has 2 N–H and O–H groups in total. The maximum atomic E-state index is 9.53. The van der Waals surface area contributed by atoms with Gasteiger partial charge >= 0.3 is 0 Å². The zero-order valence-corrected chi connectivity index (χ0v) is 11.5. The van der Waals surface area contributed by atoms with E-state index in [0.29, 0.717) is 0 Å². The average Bonchev–Trinajstić information content (AvgIpc) is 2.36. The minimum Gasteiger partial charge on any atom is -0.394 e. The van der Waals surface area contributed by atoms with Crippen molar-refractivity contribution in [2.24, 2.45) is 5.92 Å². The molecule has 0 saturated carbocycles. The van der Waals surface area contributed by atoms with Crippen LogP contribution in [-0.2, 0) is 4.74 Å². The molecule has 0 aliphatic rings. The molecule has 2 unspecified atom stereocenters. The maximum absolute atomic E-state index is 9.53. The summed E-state index contributed by atoms with van der Waals surface area (Å²) in [5.41, 5.74) is 0. The first kappa shape index (κ1) is 16.9. The molecule has 0 aliphatic heterocycles. The molecule has 0 radical (unpaired) electrons. The largest absolute Gasteiger partial charge is 0.394 e. The second kappa shape index (κ2) is 12.3. The van der Waals surface area contributed by atoms with Crippen molar-refractivity contribution in [2.75, 3.05) is 19.8 Å². The van der Waals surface area contributed by atoms with Gasteiger partial charge in [0.25, 0.3) is 0 Å². The Hall–Kier alpha value is -0.120. The van der Waals surface area contributed by atoms with Crippen molar-refractivity contribution in [2.45, 2.75) is 64.9 Å². The fraction of sp³-hybridized carbons (Fsp3) is 1.00. The van der Waals surface area contributed by atoms with Gasteiger partial charge in [0.2, 0.25) is 0 Å². The third kappa shape index (κ3) is 9.57. The van der Waals surface area contributed by atoms with Crippen LogP contribution >= 0.6 is 0 Å². The van der Waals surface area contributed by atoms with Crippen molar-refractivity contribution < 1.29 is 14.9 Å². The van der Waals surface area contributed by atoms with Crippen molar-refractivity contribution in [3.05, 3.63) is 0 Å². The van der Waals surface area contributed by atoms with Gasteiger partial charge in [-0.3, -0.25) is 0 Å². The zero-order valence-electron chi connectivity index (χ0n) is 11.5. The van der Waals surface area contributed by atoms with Gasteiger partial charge in [0.05, 0.1) is 12.7 Å². The number of hydrogen-bond acceptors (Lipinski definition) is 3. The molecule has 0 saturated heterocycles. The van der Waals surface area contributed by atoms with Crippen LogP contribution in [0.2, 0.25) is 0 Å². The molecule has 3 heteroatoms. The summed E-state index contributed by atoms with van der Waals surface area (Å²) in [4.78, 5) is 0. The van der Waals surface area contributed by atoms with E-state index in [9.17, 15) is 5.11 Å². The van der Waals surface area contributed by atoms with Crippen molar-refractivity contribution in [1.82, 2.24) is 0 Å². The first-order chi connectivity index (χ1) is 8.26. The quantitative estimate of drug-likeness (QED) is 0.521. The van der Waals surface area contributed by atoms with Crippen LogP contribution in [0, 0.1) is 5.92 Å². The molecule has 0 aromatic carbocycles. The van der Waals surface area contributed by atoms with E-state index in [0.717, 1.165) is 38.9 Å². The Morgan fingerprint density at radius 2 is 1.71 bits per heavy atom. The summed E-state index contributed by atoms with van der Waals surface area (Å²) in [6, 6.07) is 0. The van der Waals surface area contributed by atoms with Crippen LogP contribution in [-0.4, -0.2) is 36.1 Å². The second-order valence-corrected chi connectivity index (χ2v) is 4.73. The highest BCUT2D eigenvalue weighted by molar-refractivity contribution is 4.66. The van der Waals surface area contributed by atoms with E-state index >= 15 is 0 Å². The lowest BCUT2D eigenvalue weighted by Gasteiger charge is -2.19. The smallest absolute Gasteiger partial charge is 0.0798 e. The minimum atomic E-state index is -0.565. The van der Waals surface area contributed by atoms with Gasteiger partial charge in [0, 0.05) is 13.2 Å². The minimum absolute atomic E-state index is 0.129. The van der Waals surface area contributed by atoms with Gasteiger partial charge in [0.15, 0.2) is 0 Å². The van der Waals surface area contributed by atoms with Gasteiger partial charge < -0.3 is 14.9 Å². The maximum Gasteiger partial charge on any atom is 0.0798 e. The third-order valence-corrected chi connectivity index (χ3v) is 3.26. The number of unbranched alkanes of at least 4 members (excludes halogenated alkanes) is 3. The molecular formula is C14H30O3. The Morgan fingerprint density at radius 1 is 1.00 bits per heavy atom. The molecule has 2 atom stereocenters. The summed E-state index contributed by atoms with van der Waals surface area (Å²) < 4.78 is 5.54. The van der Waals surface area contributed by atoms with E-state index in [2.05, 4.69) is 13.8 Å². The SMILES string of the molecule is CCCCCCOCCCC(CC)C(O)CO. The fourth-order valence-corrected chi connectivity index (χ4v) is 2.00. The normalized spacial score (nSPS) is 14.8. The summed E-state index contributed by atoms with van der Waals surface area (Å²) in [5, 5.41) is 18.4. The van der Waals surface area contributed by atoms with Gasteiger partial charge in [-0.2, -0.15) is 0 Å². The van der Waals surface area contributed by atoms with E-state index in [1.165, 1.54) is 19.3 Å². The summed E-state index contributed by atoms with van der Waals surface area (Å²) in [6.45, 7) is 5.77. The van der Waals surface area contributed by atoms with Crippen LogP contribution in [0.1, 0.15) is 58.8 Å². The van der Waals surface area contributed by atoms with Crippen LogP contribution in [0.3, 0.4) is 0 Å². The summed E-state index contributed by atoms with van der Waals surface area (Å²) in [5.74, 6) is 0.212. The highest BCUT2D eigenvalue weighted by Crippen LogP contribution is 2.15. The van der Waals surface area contributed by atoms with Crippen LogP contribution < -0.4 is 0 Å². The van der Waals surface area contributed by atoms with Gasteiger partial charge in [-0.25, -0.2) is 0 Å². The molecule has 0 aliphatic carbocycles. The Balaban J connectivity index is 3.31. The van der Waals surface area contributed by atoms with Crippen LogP contribution in [0.4, 0.5) is 0 Å². The predicted octanol–water partition coefficient (Wildman–Crippen LogP) is 2.74. The molecule has 0 amide bonds. The van der Waals surface area contributed by atoms with E-state index < -0.39 is 6.10 Å². The Bertz CT molecular complexity index is 150. The monoisotopic (exact) mass is 246 g/mol. The molecule has 104 valence electrons.